The van der Waals surface area contributed by atoms with Crippen molar-refractivity contribution in [2.75, 3.05) is 18.4 Å². The lowest BCUT2D eigenvalue weighted by Crippen LogP contribution is -2.59. The molecular formula is C21H24N4. The molecule has 128 valence electrons. The highest BCUT2D eigenvalue weighted by Gasteiger charge is 2.39. The van der Waals surface area contributed by atoms with Crippen LogP contribution in [-0.4, -0.2) is 40.0 Å². The number of piperidine rings is 3. The molecule has 0 saturated carbocycles. The number of nitrogens with zero attached hydrogens (tertiary/aromatic N) is 2. The summed E-state index contributed by atoms with van der Waals surface area (Å²) in [5.74, 6) is 0.802. The van der Waals surface area contributed by atoms with E-state index in [1.165, 1.54) is 36.8 Å². The summed E-state index contributed by atoms with van der Waals surface area (Å²) < 4.78 is 0. The molecule has 2 bridgehead atoms. The van der Waals surface area contributed by atoms with Gasteiger partial charge in [0.05, 0.1) is 17.6 Å². The number of nitrogens with one attached hydrogen (secondary N) is 2. The second-order valence-corrected chi connectivity index (χ2v) is 7.50. The van der Waals surface area contributed by atoms with Gasteiger partial charge in [-0.15, -0.1) is 0 Å². The predicted octanol–water partition coefficient (Wildman–Crippen LogP) is 4.12. The van der Waals surface area contributed by atoms with Crippen LogP contribution in [0, 0.1) is 5.92 Å². The molecular weight excluding hydrogens is 308 g/mol. The fourth-order valence-electron chi connectivity index (χ4n) is 4.60. The summed E-state index contributed by atoms with van der Waals surface area (Å²) in [4.78, 5) is 10.6. The van der Waals surface area contributed by atoms with Crippen molar-refractivity contribution in [3.05, 3.63) is 48.8 Å². The minimum Gasteiger partial charge on any atom is -0.379 e. The van der Waals surface area contributed by atoms with Crippen LogP contribution < -0.4 is 5.32 Å². The van der Waals surface area contributed by atoms with Crippen LogP contribution in [-0.2, 0) is 0 Å². The third-order valence-electron chi connectivity index (χ3n) is 6.12. The van der Waals surface area contributed by atoms with Gasteiger partial charge in [-0.25, -0.2) is 0 Å². The second-order valence-electron chi connectivity index (χ2n) is 7.50. The lowest BCUT2D eigenvalue weighted by atomic mass is 9.79. The van der Waals surface area contributed by atoms with Crippen molar-refractivity contribution in [2.24, 2.45) is 5.92 Å². The normalized spacial score (nSPS) is 28.4. The number of H-pyrrole nitrogens is 1. The van der Waals surface area contributed by atoms with Crippen molar-refractivity contribution in [3.63, 3.8) is 0 Å². The number of fused-ring (bicyclic) bond motifs is 4. The van der Waals surface area contributed by atoms with E-state index < -0.39 is 0 Å². The molecule has 0 radical (unpaired) electrons. The van der Waals surface area contributed by atoms with Gasteiger partial charge in [-0.3, -0.25) is 9.88 Å². The van der Waals surface area contributed by atoms with Crippen molar-refractivity contribution in [1.82, 2.24) is 14.9 Å². The van der Waals surface area contributed by atoms with Crippen molar-refractivity contribution >= 4 is 16.6 Å². The lowest BCUT2D eigenvalue weighted by molar-refractivity contribution is 0.0458. The molecule has 6 rings (SSSR count). The molecule has 3 aliphatic heterocycles. The summed E-state index contributed by atoms with van der Waals surface area (Å²) in [6.45, 7) is 4.89. The maximum absolute atomic E-state index is 4.71. The zero-order chi connectivity index (χ0) is 16.8. The summed E-state index contributed by atoms with van der Waals surface area (Å²) in [6.07, 6.45) is 6.61. The maximum atomic E-state index is 4.71. The van der Waals surface area contributed by atoms with E-state index in [0.717, 1.165) is 22.9 Å². The molecule has 25 heavy (non-hydrogen) atoms. The van der Waals surface area contributed by atoms with Gasteiger partial charge in [0.25, 0.3) is 0 Å². The topological polar surface area (TPSA) is 44.0 Å². The number of hydrogen-bond acceptors (Lipinski definition) is 3. The van der Waals surface area contributed by atoms with Gasteiger partial charge in [0.2, 0.25) is 0 Å². The fourth-order valence-corrected chi connectivity index (χ4v) is 4.60. The molecule has 3 aliphatic rings. The molecule has 0 spiro atoms. The van der Waals surface area contributed by atoms with E-state index in [4.69, 9.17) is 4.98 Å². The number of hydrogen-bond donors (Lipinski definition) is 2. The zero-order valence-corrected chi connectivity index (χ0v) is 14.6. The van der Waals surface area contributed by atoms with Crippen LogP contribution in [0.2, 0.25) is 0 Å². The van der Waals surface area contributed by atoms with Crippen LogP contribution in [0.5, 0.6) is 0 Å². The van der Waals surface area contributed by atoms with Gasteiger partial charge < -0.3 is 10.3 Å². The molecule has 3 aromatic rings. The highest BCUT2D eigenvalue weighted by atomic mass is 15.2. The Morgan fingerprint density at radius 1 is 1.12 bits per heavy atom. The highest BCUT2D eigenvalue weighted by Crippen LogP contribution is 2.34. The smallest absolute Gasteiger partial charge is 0.0703 e. The van der Waals surface area contributed by atoms with E-state index in [1.807, 2.05) is 12.4 Å². The molecule has 0 amide bonds. The number of anilines is 1. The summed E-state index contributed by atoms with van der Waals surface area (Å²) in [5.41, 5.74) is 4.49. The Hall–Kier alpha value is -2.33. The Kier molecular flexibility index (Phi) is 3.52. The van der Waals surface area contributed by atoms with E-state index in [1.54, 1.807) is 0 Å². The van der Waals surface area contributed by atoms with Crippen LogP contribution >= 0.6 is 0 Å². The molecule has 2 atom stereocenters. The van der Waals surface area contributed by atoms with E-state index >= 15 is 0 Å². The van der Waals surface area contributed by atoms with Crippen molar-refractivity contribution < 1.29 is 0 Å². The molecule has 4 heteroatoms. The molecule has 4 nitrogen and oxygen atoms in total. The van der Waals surface area contributed by atoms with E-state index in [2.05, 4.69) is 58.5 Å². The van der Waals surface area contributed by atoms with E-state index in [0.29, 0.717) is 12.1 Å². The largest absolute Gasteiger partial charge is 0.379 e. The van der Waals surface area contributed by atoms with Crippen LogP contribution in [0.1, 0.15) is 19.8 Å². The summed E-state index contributed by atoms with van der Waals surface area (Å²) >= 11 is 0. The first-order valence-corrected chi connectivity index (χ1v) is 9.32. The Balaban J connectivity index is 1.36. The molecule has 0 aliphatic carbocycles. The van der Waals surface area contributed by atoms with Gasteiger partial charge >= 0.3 is 0 Å². The molecule has 2 N–H and O–H groups in total. The van der Waals surface area contributed by atoms with Crippen molar-refractivity contribution in [1.29, 1.82) is 0 Å². The number of aromatic nitrogens is 2. The highest BCUT2D eigenvalue weighted by molar-refractivity contribution is 5.84. The first-order chi connectivity index (χ1) is 12.3. The van der Waals surface area contributed by atoms with Crippen LogP contribution in [0.3, 0.4) is 0 Å². The second kappa shape index (κ2) is 5.88. The Morgan fingerprint density at radius 3 is 2.76 bits per heavy atom. The average molecular weight is 332 g/mol. The minimum atomic E-state index is 0.548. The first-order valence-electron chi connectivity index (χ1n) is 9.32. The van der Waals surface area contributed by atoms with Gasteiger partial charge in [0.15, 0.2) is 0 Å². The molecule has 5 heterocycles. The van der Waals surface area contributed by atoms with Gasteiger partial charge in [0, 0.05) is 34.7 Å². The molecule has 1 aromatic carbocycles. The average Bonchev–Trinajstić information content (AvgIpc) is 3.13. The quantitative estimate of drug-likeness (QED) is 0.758. The fraction of sp³-hybridized carbons (Fsp3) is 0.381. The molecule has 2 aromatic heterocycles. The molecule has 3 saturated heterocycles. The maximum Gasteiger partial charge on any atom is 0.0703 e. The van der Waals surface area contributed by atoms with Crippen molar-refractivity contribution in [3.8, 4) is 11.3 Å². The van der Waals surface area contributed by atoms with Gasteiger partial charge in [-0.2, -0.15) is 0 Å². The zero-order valence-electron chi connectivity index (χ0n) is 14.6. The van der Waals surface area contributed by atoms with Crippen LogP contribution in [0.25, 0.3) is 22.2 Å². The lowest BCUT2D eigenvalue weighted by Gasteiger charge is -2.50. The predicted molar refractivity (Wildman–Crippen MR) is 103 cm³/mol. The SMILES string of the molecule is C[C@@H]1[C@H](Nc2ccc(-c3ccc4[nH]ccc4c3)nc2)C2CCN1CC2. The van der Waals surface area contributed by atoms with Crippen LogP contribution in [0.15, 0.2) is 48.8 Å². The van der Waals surface area contributed by atoms with Gasteiger partial charge in [-0.1, -0.05) is 6.07 Å². The van der Waals surface area contributed by atoms with Gasteiger partial charge in [-0.05, 0) is 69.1 Å². The van der Waals surface area contributed by atoms with Crippen molar-refractivity contribution in [2.45, 2.75) is 31.8 Å². The van der Waals surface area contributed by atoms with E-state index in [9.17, 15) is 0 Å². The first kappa shape index (κ1) is 15.0. The Bertz CT molecular complexity index is 872. The monoisotopic (exact) mass is 332 g/mol. The summed E-state index contributed by atoms with van der Waals surface area (Å²) in [7, 11) is 0. The van der Waals surface area contributed by atoms with Gasteiger partial charge in [0.1, 0.15) is 0 Å². The number of benzene rings is 1. The number of rotatable bonds is 3. The third-order valence-corrected chi connectivity index (χ3v) is 6.12. The summed E-state index contributed by atoms with van der Waals surface area (Å²) in [5, 5.41) is 4.98. The Labute approximate surface area is 148 Å². The minimum absolute atomic E-state index is 0.548. The summed E-state index contributed by atoms with van der Waals surface area (Å²) in [6, 6.07) is 14.0. The Morgan fingerprint density at radius 2 is 2.00 bits per heavy atom. The number of aromatic amines is 1. The molecule has 3 fully saturated rings. The van der Waals surface area contributed by atoms with Crippen LogP contribution in [0.4, 0.5) is 5.69 Å². The third kappa shape index (κ3) is 2.61. The van der Waals surface area contributed by atoms with E-state index in [-0.39, 0.29) is 0 Å². The number of pyridine rings is 1. The standard InChI is InChI=1S/C21H24N4/c1-14-21(15-7-10-25(14)11-8-15)24-18-3-5-20(23-13-18)16-2-4-19-17(12-16)6-9-22-19/h2-6,9,12-15,21-22,24H,7-8,10-11H2,1H3/t14-,21+/m1/s1. The molecule has 0 unspecified atom stereocenters.